The number of hydrogen-bond donors (Lipinski definition) is 1. The van der Waals surface area contributed by atoms with Gasteiger partial charge in [-0.3, -0.25) is 23.9 Å². The first-order chi connectivity index (χ1) is 55.8. The van der Waals surface area contributed by atoms with Crippen molar-refractivity contribution in [3.05, 3.63) is 421 Å². The molecule has 0 saturated heterocycles. The number of pyridine rings is 4. The first-order valence-corrected chi connectivity index (χ1v) is 38.7. The number of nitrogens with zero attached hydrogens (tertiary/aromatic N) is 9. The van der Waals surface area contributed by atoms with Crippen molar-refractivity contribution in [1.82, 2.24) is 29.1 Å². The molecule has 13 nitrogen and oxygen atoms in total. The first kappa shape index (κ1) is 82.8. The van der Waals surface area contributed by atoms with Gasteiger partial charge in [-0.15, -0.1) is 0 Å². The molecule has 18 heteroatoms. The SMILES string of the molecule is BrCc1ccccc1.Clc1c(N(Cc2ccccc2)c2ccc(-c3ccccn3)cc2)cccc1N(Cc1ccccc1)c1ccc2c(c1)c1ccccc1n2-c1ccccn1.Clc1c(Nc2ccc3c(c2)c2ccccc2n3-c2ccccn2)cccc1N(Cc1ccccc1)c1ccc(-c2ccccn2)cc1.O=CO[O-].[H-].[K+].[K+]. The third-order valence-corrected chi connectivity index (χ3v) is 20.8. The van der Waals surface area contributed by atoms with Crippen molar-refractivity contribution in [1.29, 1.82) is 0 Å². The summed E-state index contributed by atoms with van der Waals surface area (Å²) in [5, 5.41) is 19.0. The van der Waals surface area contributed by atoms with Crippen LogP contribution in [0.5, 0.6) is 0 Å². The third kappa shape index (κ3) is 19.8. The molecule has 18 aromatic rings. The van der Waals surface area contributed by atoms with Crippen LogP contribution in [0, 0.1) is 0 Å². The molecule has 0 atom stereocenters. The molecule has 0 spiro atoms. The van der Waals surface area contributed by atoms with Crippen molar-refractivity contribution in [3.63, 3.8) is 0 Å². The number of para-hydroxylation sites is 2. The summed E-state index contributed by atoms with van der Waals surface area (Å²) in [7, 11) is 0. The van der Waals surface area contributed by atoms with Crippen LogP contribution in [0.2, 0.25) is 10.0 Å². The number of nitrogens with one attached hydrogen (secondary N) is 1. The summed E-state index contributed by atoms with van der Waals surface area (Å²) < 4.78 is 4.45. The predicted molar refractivity (Wildman–Crippen MR) is 467 cm³/mol. The number of aromatic nitrogens is 6. The van der Waals surface area contributed by atoms with Gasteiger partial charge in [-0.05, 0) is 168 Å². The average Bonchev–Trinajstić information content (AvgIpc) is 1.59. The topological polar surface area (TPSA) is 133 Å². The molecule has 0 aliphatic rings. The van der Waals surface area contributed by atoms with Gasteiger partial charge in [0.2, 0.25) is 0 Å². The summed E-state index contributed by atoms with van der Waals surface area (Å²) in [4.78, 5) is 36.6. The number of rotatable bonds is 20. The Bertz CT molecular complexity index is 6170. The van der Waals surface area contributed by atoms with Gasteiger partial charge in [0.05, 0.1) is 66.2 Å². The second-order valence-electron chi connectivity index (χ2n) is 26.4. The molecule has 6 heterocycles. The Morgan fingerprint density at radius 1 is 0.365 bits per heavy atom. The smallest absolute Gasteiger partial charge is 1.00 e. The largest absolute Gasteiger partial charge is 1.00 e. The van der Waals surface area contributed by atoms with Crippen molar-refractivity contribution in [2.45, 2.75) is 25.0 Å². The van der Waals surface area contributed by atoms with Gasteiger partial charge in [-0.25, -0.2) is 9.97 Å². The van der Waals surface area contributed by atoms with E-state index in [0.29, 0.717) is 29.7 Å². The Labute approximate surface area is 773 Å². The standard InChI is InChI=1S/C48H36ClN5.C41H30ClN5.C7H7Br.CH2O3.2K.H/c49-48-45(52(33-35-14-3-1-4-15-35)38-26-24-37(25-27-38)42-19-9-11-30-50-42)21-13-22-46(48)53(34-36-16-5-2-6-17-36)39-28-29-44-41(32-39)40-18-7-8-20-43(40)54(44)47-23-10-12-31-51-47;42-41-36(45-31-21-24-38-34(27-31)33-13-4-5-16-37(33)47(38)40-18-7-9-26-44-40)15-10-17-39(41)46(28-29-11-2-1-3-12-29)32-22-19-30(20-23-32)35-14-6-8-25-43-35;8-6-7-4-2-1-3-5-7;2-1-4-3;;;/h1-32H,33-34H2;1-27,45H,28H2;1-5H,6H2;1,3H;;;/q;;;;2*+1;-1/p-1. The summed E-state index contributed by atoms with van der Waals surface area (Å²) in [6.45, 7) is 1.75. The van der Waals surface area contributed by atoms with Gasteiger partial charge >= 0.3 is 103 Å². The number of carbonyl (C=O) groups excluding carboxylic acids is 1. The summed E-state index contributed by atoms with van der Waals surface area (Å²) in [6.07, 6.45) is 7.32. The van der Waals surface area contributed by atoms with Gasteiger partial charge in [0.25, 0.3) is 6.47 Å². The van der Waals surface area contributed by atoms with E-state index in [0.717, 1.165) is 118 Å². The number of halogens is 3. The predicted octanol–water partition coefficient (Wildman–Crippen LogP) is 18.7. The molecule has 0 aliphatic heterocycles. The maximum atomic E-state index is 8.64. The quantitative estimate of drug-likeness (QED) is 0.0257. The van der Waals surface area contributed by atoms with Gasteiger partial charge in [0.1, 0.15) is 11.6 Å². The van der Waals surface area contributed by atoms with E-state index in [4.69, 9.17) is 38.2 Å². The zero-order valence-corrected chi connectivity index (χ0v) is 72.6. The molecule has 0 unspecified atom stereocenters. The maximum absolute atomic E-state index is 8.64. The van der Waals surface area contributed by atoms with Gasteiger partial charge in [0, 0.05) is 105 Å². The van der Waals surface area contributed by atoms with Crippen molar-refractivity contribution < 1.29 is 119 Å². The number of fused-ring (bicyclic) bond motifs is 6. The number of benzene rings is 12. The van der Waals surface area contributed by atoms with Crippen LogP contribution in [0.25, 0.3) is 77.8 Å². The molecule has 18 rings (SSSR count). The summed E-state index contributed by atoms with van der Waals surface area (Å²) >= 11 is 18.3. The summed E-state index contributed by atoms with van der Waals surface area (Å²) in [6, 6.07) is 126. The molecule has 115 heavy (non-hydrogen) atoms. The molecule has 554 valence electrons. The van der Waals surface area contributed by atoms with E-state index in [1.54, 1.807) is 0 Å². The van der Waals surface area contributed by atoms with Crippen LogP contribution in [0.1, 0.15) is 23.7 Å². The van der Waals surface area contributed by atoms with E-state index < -0.39 is 0 Å². The maximum Gasteiger partial charge on any atom is 1.00 e. The van der Waals surface area contributed by atoms with E-state index in [1.807, 2.05) is 122 Å². The molecule has 12 aromatic carbocycles. The van der Waals surface area contributed by atoms with Crippen molar-refractivity contribution in [2.75, 3.05) is 20.0 Å². The minimum absolute atomic E-state index is 0. The molecular weight excluding hydrogens is 1580 g/mol. The number of alkyl halides is 1. The normalized spacial score (nSPS) is 10.6. The number of carbonyl (C=O) groups is 1. The van der Waals surface area contributed by atoms with Crippen LogP contribution in [0.15, 0.2) is 389 Å². The summed E-state index contributed by atoms with van der Waals surface area (Å²) in [5.74, 6) is 1.78. The van der Waals surface area contributed by atoms with Crippen LogP contribution in [0.4, 0.5) is 45.5 Å². The van der Waals surface area contributed by atoms with E-state index in [2.05, 4.69) is 332 Å². The van der Waals surface area contributed by atoms with E-state index in [-0.39, 0.29) is 111 Å². The van der Waals surface area contributed by atoms with Crippen LogP contribution in [-0.4, -0.2) is 35.5 Å². The second-order valence-corrected chi connectivity index (χ2v) is 27.8. The number of hydrogen-bond acceptors (Lipinski definition) is 11. The molecular formula is C97H75BrCl2K2N10O3. The van der Waals surface area contributed by atoms with E-state index in [1.165, 1.54) is 33.0 Å². The zero-order valence-electron chi connectivity index (χ0n) is 64.2. The molecule has 0 amide bonds. The fourth-order valence-corrected chi connectivity index (χ4v) is 15.0. The Morgan fingerprint density at radius 2 is 0.722 bits per heavy atom. The van der Waals surface area contributed by atoms with Gasteiger partial charge in [-0.2, -0.15) is 0 Å². The van der Waals surface area contributed by atoms with Crippen molar-refractivity contribution >= 4 is 135 Å². The van der Waals surface area contributed by atoms with Crippen LogP contribution in [-0.2, 0) is 34.6 Å². The first-order valence-electron chi connectivity index (χ1n) is 36.8. The molecule has 0 fully saturated rings. The Morgan fingerprint density at radius 3 is 1.13 bits per heavy atom. The molecule has 1 N–H and O–H groups in total. The van der Waals surface area contributed by atoms with Crippen molar-refractivity contribution in [2.24, 2.45) is 0 Å². The van der Waals surface area contributed by atoms with Gasteiger partial charge in [-0.1, -0.05) is 258 Å². The number of anilines is 8. The van der Waals surface area contributed by atoms with E-state index in [9.17, 15) is 0 Å². The van der Waals surface area contributed by atoms with Crippen LogP contribution < -0.4 is 128 Å². The monoisotopic (exact) mass is 1650 g/mol. The molecule has 0 aliphatic carbocycles. The molecule has 6 aromatic heterocycles. The minimum Gasteiger partial charge on any atom is -1.00 e. The Hall–Kier alpha value is -10.2. The Balaban J connectivity index is 0.000000184. The zero-order chi connectivity index (χ0) is 77.1. The second kappa shape index (κ2) is 40.9. The average molecular weight is 1660 g/mol. The third-order valence-electron chi connectivity index (χ3n) is 19.4. The van der Waals surface area contributed by atoms with Crippen LogP contribution >= 0.6 is 39.1 Å². The summed E-state index contributed by atoms with van der Waals surface area (Å²) in [5.41, 5.74) is 21.0. The van der Waals surface area contributed by atoms with Crippen LogP contribution in [0.3, 0.4) is 0 Å². The molecule has 0 saturated carbocycles. The fourth-order valence-electron chi connectivity index (χ4n) is 14.1. The molecule has 0 radical (unpaired) electrons. The minimum atomic E-state index is -0.181. The van der Waals surface area contributed by atoms with E-state index >= 15 is 0 Å². The van der Waals surface area contributed by atoms with Gasteiger partial charge < -0.3 is 31.6 Å². The van der Waals surface area contributed by atoms with Gasteiger partial charge in [0.15, 0.2) is 0 Å². The molecule has 0 bridgehead atoms. The fraction of sp³-hybridized carbons (Fsp3) is 0.0412. The van der Waals surface area contributed by atoms with Crippen molar-refractivity contribution in [3.8, 4) is 34.2 Å². The Kier molecular flexibility index (Phi) is 29.4.